The van der Waals surface area contributed by atoms with E-state index in [-0.39, 0.29) is 6.04 Å². The Morgan fingerprint density at radius 2 is 2.26 bits per heavy atom. The van der Waals surface area contributed by atoms with Crippen molar-refractivity contribution in [3.8, 4) is 11.5 Å². The summed E-state index contributed by atoms with van der Waals surface area (Å²) in [5.74, 6) is 1.16. The maximum atomic E-state index is 5.34. The summed E-state index contributed by atoms with van der Waals surface area (Å²) >= 11 is 1.52. The van der Waals surface area contributed by atoms with E-state index in [9.17, 15) is 0 Å². The number of para-hydroxylation sites is 1. The second-order valence-corrected chi connectivity index (χ2v) is 5.11. The molecule has 1 aliphatic heterocycles. The monoisotopic (exact) mass is 270 g/mol. The Bertz CT molecular complexity index is 682. The summed E-state index contributed by atoms with van der Waals surface area (Å²) in [5.41, 5.74) is 4.94. The van der Waals surface area contributed by atoms with Gasteiger partial charge in [0.2, 0.25) is 11.7 Å². The fraction of sp³-hybridized carbons (Fsp3) is 0.154. The SMILES string of the molecule is c1ccc2c(c1)C[C@@H](c1nc(-c3cscn3)no1)N2. The van der Waals surface area contributed by atoms with Crippen LogP contribution >= 0.6 is 11.3 Å². The van der Waals surface area contributed by atoms with Crippen molar-refractivity contribution in [2.24, 2.45) is 0 Å². The molecule has 0 spiro atoms. The van der Waals surface area contributed by atoms with Gasteiger partial charge < -0.3 is 9.84 Å². The summed E-state index contributed by atoms with van der Waals surface area (Å²) in [5, 5.41) is 9.29. The molecule has 0 radical (unpaired) electrons. The molecule has 0 bridgehead atoms. The lowest BCUT2D eigenvalue weighted by atomic mass is 10.1. The Morgan fingerprint density at radius 1 is 1.32 bits per heavy atom. The van der Waals surface area contributed by atoms with Gasteiger partial charge in [0.05, 0.1) is 5.51 Å². The highest BCUT2D eigenvalue weighted by Gasteiger charge is 2.26. The van der Waals surface area contributed by atoms with Crippen molar-refractivity contribution < 1.29 is 4.52 Å². The summed E-state index contributed by atoms with van der Waals surface area (Å²) in [6.07, 6.45) is 0.870. The topological polar surface area (TPSA) is 63.8 Å². The number of nitrogens with one attached hydrogen (secondary N) is 1. The zero-order valence-corrected chi connectivity index (χ0v) is 10.7. The molecular formula is C13H10N4OS. The Kier molecular flexibility index (Phi) is 2.34. The maximum absolute atomic E-state index is 5.34. The normalized spacial score (nSPS) is 17.2. The molecule has 94 valence electrons. The molecule has 5 nitrogen and oxygen atoms in total. The van der Waals surface area contributed by atoms with Crippen LogP contribution in [0.25, 0.3) is 11.5 Å². The number of nitrogens with zero attached hydrogens (tertiary/aromatic N) is 3. The molecule has 0 aliphatic carbocycles. The molecule has 6 heteroatoms. The predicted molar refractivity (Wildman–Crippen MR) is 71.9 cm³/mol. The van der Waals surface area contributed by atoms with E-state index in [1.807, 2.05) is 17.5 Å². The van der Waals surface area contributed by atoms with Crippen molar-refractivity contribution in [1.82, 2.24) is 15.1 Å². The molecule has 1 atom stereocenters. The van der Waals surface area contributed by atoms with Crippen LogP contribution in [0.5, 0.6) is 0 Å². The molecule has 0 unspecified atom stereocenters. The van der Waals surface area contributed by atoms with E-state index in [1.165, 1.54) is 16.9 Å². The number of hydrogen-bond acceptors (Lipinski definition) is 6. The molecule has 1 N–H and O–H groups in total. The smallest absolute Gasteiger partial charge is 0.249 e. The first kappa shape index (κ1) is 10.7. The second kappa shape index (κ2) is 4.17. The fourth-order valence-electron chi connectivity index (χ4n) is 2.25. The number of hydrogen-bond donors (Lipinski definition) is 1. The van der Waals surface area contributed by atoms with Crippen LogP contribution in [-0.2, 0) is 6.42 Å². The van der Waals surface area contributed by atoms with Gasteiger partial charge in [0.25, 0.3) is 0 Å². The van der Waals surface area contributed by atoms with Gasteiger partial charge in [-0.05, 0) is 11.6 Å². The molecule has 0 saturated carbocycles. The van der Waals surface area contributed by atoms with Crippen molar-refractivity contribution >= 4 is 17.0 Å². The average molecular weight is 270 g/mol. The van der Waals surface area contributed by atoms with Gasteiger partial charge in [-0.1, -0.05) is 23.4 Å². The first-order chi connectivity index (χ1) is 9.40. The minimum Gasteiger partial charge on any atom is -0.373 e. The van der Waals surface area contributed by atoms with Gasteiger partial charge in [-0.3, -0.25) is 0 Å². The molecule has 2 aromatic heterocycles. The molecular weight excluding hydrogens is 260 g/mol. The van der Waals surface area contributed by atoms with Crippen LogP contribution in [0.4, 0.5) is 5.69 Å². The molecule has 4 rings (SSSR count). The molecule has 0 fully saturated rings. The highest BCUT2D eigenvalue weighted by Crippen LogP contribution is 2.33. The largest absolute Gasteiger partial charge is 0.373 e. The van der Waals surface area contributed by atoms with Gasteiger partial charge in [-0.15, -0.1) is 11.3 Å². The van der Waals surface area contributed by atoms with E-state index < -0.39 is 0 Å². The zero-order chi connectivity index (χ0) is 12.7. The quantitative estimate of drug-likeness (QED) is 0.775. The summed E-state index contributed by atoms with van der Waals surface area (Å²) in [4.78, 5) is 8.60. The first-order valence-corrected chi connectivity index (χ1v) is 6.91. The Balaban J connectivity index is 1.62. The van der Waals surface area contributed by atoms with Gasteiger partial charge in [-0.2, -0.15) is 4.98 Å². The summed E-state index contributed by atoms with van der Waals surface area (Å²) < 4.78 is 5.34. The first-order valence-electron chi connectivity index (χ1n) is 5.97. The van der Waals surface area contributed by atoms with Crippen LogP contribution in [-0.4, -0.2) is 15.1 Å². The molecule has 1 aromatic carbocycles. The second-order valence-electron chi connectivity index (χ2n) is 4.39. The van der Waals surface area contributed by atoms with Crippen molar-refractivity contribution in [2.75, 3.05) is 5.32 Å². The number of thiazole rings is 1. The van der Waals surface area contributed by atoms with E-state index in [0.29, 0.717) is 11.7 Å². The van der Waals surface area contributed by atoms with Crippen LogP contribution in [0.1, 0.15) is 17.5 Å². The van der Waals surface area contributed by atoms with Crippen molar-refractivity contribution in [3.63, 3.8) is 0 Å². The van der Waals surface area contributed by atoms with E-state index in [4.69, 9.17) is 4.52 Å². The molecule has 3 heterocycles. The Morgan fingerprint density at radius 3 is 3.11 bits per heavy atom. The van der Waals surface area contributed by atoms with Crippen LogP contribution in [0.3, 0.4) is 0 Å². The van der Waals surface area contributed by atoms with E-state index >= 15 is 0 Å². The molecule has 1 aliphatic rings. The molecule has 0 saturated heterocycles. The predicted octanol–water partition coefficient (Wildman–Crippen LogP) is 2.90. The minimum atomic E-state index is 0.0530. The Hall–Kier alpha value is -2.21. The van der Waals surface area contributed by atoms with Crippen LogP contribution in [0, 0.1) is 0 Å². The average Bonchev–Trinajstić information content (AvgIpc) is 3.17. The van der Waals surface area contributed by atoms with Gasteiger partial charge in [-0.25, -0.2) is 4.98 Å². The van der Waals surface area contributed by atoms with Crippen LogP contribution < -0.4 is 5.32 Å². The van der Waals surface area contributed by atoms with E-state index in [1.54, 1.807) is 5.51 Å². The fourth-order valence-corrected chi connectivity index (χ4v) is 2.78. The lowest BCUT2D eigenvalue weighted by molar-refractivity contribution is 0.364. The van der Waals surface area contributed by atoms with Gasteiger partial charge in [0.1, 0.15) is 11.7 Å². The summed E-state index contributed by atoms with van der Waals surface area (Å²) in [6.45, 7) is 0. The van der Waals surface area contributed by atoms with Gasteiger partial charge in [0, 0.05) is 17.5 Å². The summed E-state index contributed by atoms with van der Waals surface area (Å²) in [7, 11) is 0. The Labute approximate surface area is 113 Å². The third kappa shape index (κ3) is 1.80. The van der Waals surface area contributed by atoms with Crippen LogP contribution in [0.2, 0.25) is 0 Å². The number of anilines is 1. The molecule has 19 heavy (non-hydrogen) atoms. The number of benzene rings is 1. The van der Waals surface area contributed by atoms with Crippen molar-refractivity contribution in [1.29, 1.82) is 0 Å². The number of aromatic nitrogens is 3. The number of rotatable bonds is 2. The van der Waals surface area contributed by atoms with E-state index in [2.05, 4.69) is 32.6 Å². The van der Waals surface area contributed by atoms with Crippen LogP contribution in [0.15, 0.2) is 39.7 Å². The highest BCUT2D eigenvalue weighted by atomic mass is 32.1. The van der Waals surface area contributed by atoms with Crippen molar-refractivity contribution in [2.45, 2.75) is 12.5 Å². The summed E-state index contributed by atoms with van der Waals surface area (Å²) in [6, 6.07) is 8.28. The van der Waals surface area contributed by atoms with Gasteiger partial charge >= 0.3 is 0 Å². The lowest BCUT2D eigenvalue weighted by Gasteiger charge is -2.04. The van der Waals surface area contributed by atoms with Crippen molar-refractivity contribution in [3.05, 3.63) is 46.6 Å². The maximum Gasteiger partial charge on any atom is 0.249 e. The third-order valence-electron chi connectivity index (χ3n) is 3.17. The lowest BCUT2D eigenvalue weighted by Crippen LogP contribution is -2.05. The highest BCUT2D eigenvalue weighted by molar-refractivity contribution is 7.07. The minimum absolute atomic E-state index is 0.0530. The number of fused-ring (bicyclic) bond motifs is 1. The third-order valence-corrected chi connectivity index (χ3v) is 3.76. The zero-order valence-electron chi connectivity index (χ0n) is 9.91. The van der Waals surface area contributed by atoms with Gasteiger partial charge in [0.15, 0.2) is 0 Å². The molecule has 0 amide bonds. The standard InChI is InChI=1S/C13H10N4OS/c1-2-4-9-8(3-1)5-10(15-9)13-16-12(17-18-13)11-6-19-7-14-11/h1-4,6-7,10,15H,5H2/t10-/m0/s1. The molecule has 3 aromatic rings. The van der Waals surface area contributed by atoms with E-state index in [0.717, 1.165) is 17.8 Å².